The summed E-state index contributed by atoms with van der Waals surface area (Å²) in [5.41, 5.74) is 0. The average molecular weight is 137 g/mol. The Morgan fingerprint density at radius 1 is 1.60 bits per heavy atom. The van der Waals surface area contributed by atoms with Crippen molar-refractivity contribution in [2.45, 2.75) is 32.2 Å². The van der Waals surface area contributed by atoms with Crippen LogP contribution in [0.25, 0.3) is 0 Å². The largest absolute Gasteiger partial charge is 0.303 e. The maximum Gasteiger partial charge on any atom is 0.0575 e. The highest BCUT2D eigenvalue weighted by atomic mass is 14.9. The molecular formula is C9H15N. The Morgan fingerprint density at radius 2 is 2.40 bits per heavy atom. The smallest absolute Gasteiger partial charge is 0.0575 e. The third-order valence-electron chi connectivity index (χ3n) is 2.19. The predicted molar refractivity (Wildman–Crippen MR) is 43.6 cm³/mol. The van der Waals surface area contributed by atoms with Crippen LogP contribution in [0.3, 0.4) is 0 Å². The van der Waals surface area contributed by atoms with Crippen LogP contribution in [0.5, 0.6) is 0 Å². The third kappa shape index (κ3) is 2.04. The molecule has 0 aromatic heterocycles. The molecule has 1 aliphatic carbocycles. The van der Waals surface area contributed by atoms with Gasteiger partial charge in [0.25, 0.3) is 0 Å². The van der Waals surface area contributed by atoms with Gasteiger partial charge in [-0.1, -0.05) is 12.8 Å². The fraction of sp³-hybridized carbons (Fsp3) is 0.778. The van der Waals surface area contributed by atoms with E-state index in [0.29, 0.717) is 6.04 Å². The van der Waals surface area contributed by atoms with Gasteiger partial charge in [0.15, 0.2) is 0 Å². The zero-order valence-corrected chi connectivity index (χ0v) is 6.56. The van der Waals surface area contributed by atoms with Crippen molar-refractivity contribution in [1.29, 1.82) is 0 Å². The SMILES string of the molecule is C#CCNC1CCC(C)C1. The van der Waals surface area contributed by atoms with Crippen molar-refractivity contribution in [3.8, 4) is 12.3 Å². The molecule has 0 saturated heterocycles. The second kappa shape index (κ2) is 3.63. The van der Waals surface area contributed by atoms with Gasteiger partial charge in [0.2, 0.25) is 0 Å². The monoisotopic (exact) mass is 137 g/mol. The van der Waals surface area contributed by atoms with E-state index in [2.05, 4.69) is 18.2 Å². The van der Waals surface area contributed by atoms with Crippen molar-refractivity contribution in [3.05, 3.63) is 0 Å². The summed E-state index contributed by atoms with van der Waals surface area (Å²) in [4.78, 5) is 0. The van der Waals surface area contributed by atoms with E-state index in [4.69, 9.17) is 6.42 Å². The van der Waals surface area contributed by atoms with Crippen LogP contribution < -0.4 is 5.32 Å². The molecule has 0 amide bonds. The van der Waals surface area contributed by atoms with Crippen LogP contribution in [-0.4, -0.2) is 12.6 Å². The highest BCUT2D eigenvalue weighted by Crippen LogP contribution is 2.24. The Bertz CT molecular complexity index is 134. The second-order valence-electron chi connectivity index (χ2n) is 3.20. The van der Waals surface area contributed by atoms with E-state index in [-0.39, 0.29) is 0 Å². The highest BCUT2D eigenvalue weighted by molar-refractivity contribution is 4.89. The Hall–Kier alpha value is -0.480. The van der Waals surface area contributed by atoms with Crippen LogP contribution in [0, 0.1) is 18.3 Å². The van der Waals surface area contributed by atoms with Gasteiger partial charge in [0.05, 0.1) is 6.54 Å². The molecule has 56 valence electrons. The van der Waals surface area contributed by atoms with E-state index in [0.717, 1.165) is 12.5 Å². The fourth-order valence-corrected chi connectivity index (χ4v) is 1.60. The standard InChI is InChI=1S/C9H15N/c1-3-6-10-9-5-4-8(2)7-9/h1,8-10H,4-7H2,2H3. The molecule has 0 aromatic rings. The number of nitrogens with one attached hydrogen (secondary N) is 1. The Balaban J connectivity index is 2.14. The topological polar surface area (TPSA) is 12.0 Å². The van der Waals surface area contributed by atoms with Crippen LogP contribution in [-0.2, 0) is 0 Å². The van der Waals surface area contributed by atoms with Crippen molar-refractivity contribution >= 4 is 0 Å². The molecule has 0 bridgehead atoms. The lowest BCUT2D eigenvalue weighted by molar-refractivity contribution is 0.530. The molecule has 1 aliphatic rings. The van der Waals surface area contributed by atoms with Gasteiger partial charge in [-0.3, -0.25) is 0 Å². The number of hydrogen-bond donors (Lipinski definition) is 1. The van der Waals surface area contributed by atoms with E-state index in [1.54, 1.807) is 0 Å². The Morgan fingerprint density at radius 3 is 2.90 bits per heavy atom. The summed E-state index contributed by atoms with van der Waals surface area (Å²) >= 11 is 0. The van der Waals surface area contributed by atoms with Gasteiger partial charge in [-0.15, -0.1) is 6.42 Å². The molecule has 1 N–H and O–H groups in total. The van der Waals surface area contributed by atoms with E-state index in [1.807, 2.05) is 0 Å². The second-order valence-corrected chi connectivity index (χ2v) is 3.20. The van der Waals surface area contributed by atoms with Crippen LogP contribution >= 0.6 is 0 Å². The maximum absolute atomic E-state index is 5.13. The predicted octanol–water partition coefficient (Wildman–Crippen LogP) is 1.40. The normalized spacial score (nSPS) is 32.0. The van der Waals surface area contributed by atoms with Crippen LogP contribution in [0.15, 0.2) is 0 Å². The summed E-state index contributed by atoms with van der Waals surface area (Å²) in [6.07, 6.45) is 9.11. The van der Waals surface area contributed by atoms with Crippen molar-refractivity contribution in [3.63, 3.8) is 0 Å². The van der Waals surface area contributed by atoms with Crippen molar-refractivity contribution < 1.29 is 0 Å². The lowest BCUT2D eigenvalue weighted by Gasteiger charge is -2.08. The average Bonchev–Trinajstić information content (AvgIpc) is 2.31. The van der Waals surface area contributed by atoms with Gasteiger partial charge in [0, 0.05) is 6.04 Å². The molecule has 0 radical (unpaired) electrons. The minimum atomic E-state index is 0.700. The molecular weight excluding hydrogens is 122 g/mol. The van der Waals surface area contributed by atoms with Gasteiger partial charge < -0.3 is 5.32 Å². The number of terminal acetylenes is 1. The molecule has 1 rings (SSSR count). The number of rotatable bonds is 2. The van der Waals surface area contributed by atoms with Gasteiger partial charge >= 0.3 is 0 Å². The number of hydrogen-bond acceptors (Lipinski definition) is 1. The maximum atomic E-state index is 5.13. The minimum Gasteiger partial charge on any atom is -0.303 e. The molecule has 1 nitrogen and oxygen atoms in total. The molecule has 0 heterocycles. The Labute approximate surface area is 63.2 Å². The molecule has 1 fully saturated rings. The van der Waals surface area contributed by atoms with E-state index >= 15 is 0 Å². The lowest BCUT2D eigenvalue weighted by Crippen LogP contribution is -2.26. The first-order chi connectivity index (χ1) is 4.83. The van der Waals surface area contributed by atoms with Crippen LogP contribution in [0.4, 0.5) is 0 Å². The highest BCUT2D eigenvalue weighted by Gasteiger charge is 2.19. The summed E-state index contributed by atoms with van der Waals surface area (Å²) in [6.45, 7) is 3.04. The van der Waals surface area contributed by atoms with Gasteiger partial charge in [-0.2, -0.15) is 0 Å². The van der Waals surface area contributed by atoms with Gasteiger partial charge in [0.1, 0.15) is 0 Å². The van der Waals surface area contributed by atoms with E-state index in [1.165, 1.54) is 19.3 Å². The lowest BCUT2D eigenvalue weighted by atomic mass is 10.1. The first-order valence-electron chi connectivity index (χ1n) is 3.99. The van der Waals surface area contributed by atoms with Crippen molar-refractivity contribution in [1.82, 2.24) is 5.32 Å². The van der Waals surface area contributed by atoms with Crippen molar-refractivity contribution in [2.24, 2.45) is 5.92 Å². The molecule has 0 aromatic carbocycles. The third-order valence-corrected chi connectivity index (χ3v) is 2.19. The molecule has 2 atom stereocenters. The molecule has 10 heavy (non-hydrogen) atoms. The summed E-state index contributed by atoms with van der Waals surface area (Å²) in [5.74, 6) is 3.50. The Kier molecular flexibility index (Phi) is 2.77. The molecule has 0 spiro atoms. The quantitative estimate of drug-likeness (QED) is 0.567. The van der Waals surface area contributed by atoms with Crippen LogP contribution in [0.1, 0.15) is 26.2 Å². The molecule has 1 heteroatoms. The van der Waals surface area contributed by atoms with E-state index < -0.39 is 0 Å². The summed E-state index contributed by atoms with van der Waals surface area (Å²) in [6, 6.07) is 0.700. The van der Waals surface area contributed by atoms with E-state index in [9.17, 15) is 0 Å². The zero-order valence-electron chi connectivity index (χ0n) is 6.56. The molecule has 0 aliphatic heterocycles. The summed E-state index contributed by atoms with van der Waals surface area (Å²) < 4.78 is 0. The first kappa shape index (κ1) is 7.63. The molecule has 1 saturated carbocycles. The first-order valence-corrected chi connectivity index (χ1v) is 3.99. The summed E-state index contributed by atoms with van der Waals surface area (Å²) in [5, 5.41) is 3.33. The fourth-order valence-electron chi connectivity index (χ4n) is 1.60. The van der Waals surface area contributed by atoms with Gasteiger partial charge in [-0.25, -0.2) is 0 Å². The van der Waals surface area contributed by atoms with Crippen LogP contribution in [0.2, 0.25) is 0 Å². The minimum absolute atomic E-state index is 0.700. The molecule has 2 unspecified atom stereocenters. The van der Waals surface area contributed by atoms with Crippen molar-refractivity contribution in [2.75, 3.05) is 6.54 Å². The summed E-state index contributed by atoms with van der Waals surface area (Å²) in [7, 11) is 0. The van der Waals surface area contributed by atoms with Gasteiger partial charge in [-0.05, 0) is 25.2 Å². The zero-order chi connectivity index (χ0) is 7.40.